The van der Waals surface area contributed by atoms with Gasteiger partial charge in [-0.15, -0.1) is 0 Å². The molecule has 0 aromatic heterocycles. The van der Waals surface area contributed by atoms with E-state index in [1.165, 1.54) is 36.8 Å². The molecule has 4 rings (SSSR count). The lowest BCUT2D eigenvalue weighted by molar-refractivity contribution is -0.249. The minimum absolute atomic E-state index is 0.0407. The van der Waals surface area contributed by atoms with Crippen molar-refractivity contribution in [1.29, 1.82) is 0 Å². The van der Waals surface area contributed by atoms with E-state index in [1.54, 1.807) is 0 Å². The average molecular weight is 332 g/mol. The second-order valence-electron chi connectivity index (χ2n) is 7.47. The molecule has 0 bridgehead atoms. The van der Waals surface area contributed by atoms with Crippen LogP contribution in [-0.2, 0) is 18.9 Å². The molecule has 0 N–H and O–H groups in total. The van der Waals surface area contributed by atoms with Crippen molar-refractivity contribution in [2.45, 2.75) is 57.0 Å². The summed E-state index contributed by atoms with van der Waals surface area (Å²) < 4.78 is 22.8. The third kappa shape index (κ3) is 4.17. The monoisotopic (exact) mass is 332 g/mol. The van der Waals surface area contributed by atoms with Gasteiger partial charge in [-0.1, -0.05) is 29.8 Å². The highest BCUT2D eigenvalue weighted by molar-refractivity contribution is 5.24. The predicted molar refractivity (Wildman–Crippen MR) is 91.1 cm³/mol. The summed E-state index contributed by atoms with van der Waals surface area (Å²) in [5.41, 5.74) is 2.82. The highest BCUT2D eigenvalue weighted by atomic mass is 16.7. The first-order valence-electron chi connectivity index (χ1n) is 9.31. The highest BCUT2D eigenvalue weighted by Gasteiger charge is 2.34. The molecule has 0 radical (unpaired) electrons. The van der Waals surface area contributed by atoms with Crippen molar-refractivity contribution in [2.24, 2.45) is 5.92 Å². The number of ether oxygens (including phenoxy) is 4. The molecule has 24 heavy (non-hydrogen) atoms. The Kier molecular flexibility index (Phi) is 5.18. The van der Waals surface area contributed by atoms with Crippen molar-refractivity contribution in [2.75, 3.05) is 26.4 Å². The Bertz CT molecular complexity index is 509. The Morgan fingerprint density at radius 3 is 2.21 bits per heavy atom. The Labute approximate surface area is 144 Å². The van der Waals surface area contributed by atoms with Crippen molar-refractivity contribution < 1.29 is 18.9 Å². The molecule has 0 amide bonds. The van der Waals surface area contributed by atoms with E-state index in [4.69, 9.17) is 18.9 Å². The maximum atomic E-state index is 5.95. The predicted octanol–water partition coefficient (Wildman–Crippen LogP) is 3.43. The molecule has 2 aliphatic heterocycles. The molecule has 1 aromatic carbocycles. The zero-order chi connectivity index (χ0) is 16.4. The van der Waals surface area contributed by atoms with Gasteiger partial charge in [0.1, 0.15) is 12.2 Å². The fraction of sp³-hybridized carbons (Fsp3) is 0.700. The fourth-order valence-electron chi connectivity index (χ4n) is 3.84. The number of aryl methyl sites for hydroxylation is 1. The molecule has 0 spiro atoms. The number of benzene rings is 1. The van der Waals surface area contributed by atoms with Gasteiger partial charge < -0.3 is 18.9 Å². The SMILES string of the molecule is Cc1ccc(C2CCC(C3OCC(OCC4CO4)CO3)CC2)cc1. The molecule has 132 valence electrons. The van der Waals surface area contributed by atoms with E-state index >= 15 is 0 Å². The lowest BCUT2D eigenvalue weighted by Gasteiger charge is -2.37. The molecule has 1 unspecified atom stereocenters. The molecule has 2 saturated heterocycles. The molecular formula is C20H28O4. The first kappa shape index (κ1) is 16.5. The number of epoxide rings is 1. The molecule has 1 atom stereocenters. The largest absolute Gasteiger partial charge is 0.371 e. The molecule has 1 aromatic rings. The Morgan fingerprint density at radius 2 is 1.58 bits per heavy atom. The van der Waals surface area contributed by atoms with Gasteiger partial charge in [-0.05, 0) is 44.1 Å². The summed E-state index contributed by atoms with van der Waals surface area (Å²) in [5.74, 6) is 1.22. The summed E-state index contributed by atoms with van der Waals surface area (Å²) in [4.78, 5) is 0. The molecule has 1 saturated carbocycles. The smallest absolute Gasteiger partial charge is 0.160 e. The topological polar surface area (TPSA) is 40.2 Å². The van der Waals surface area contributed by atoms with Crippen molar-refractivity contribution in [3.05, 3.63) is 35.4 Å². The van der Waals surface area contributed by atoms with Crippen molar-refractivity contribution >= 4 is 0 Å². The van der Waals surface area contributed by atoms with Gasteiger partial charge in [0.05, 0.1) is 26.4 Å². The maximum Gasteiger partial charge on any atom is 0.160 e. The third-order valence-corrected chi connectivity index (χ3v) is 5.52. The second kappa shape index (κ2) is 7.52. The standard InChI is InChI=1S/C20H28O4/c1-14-2-4-15(5-3-14)16-6-8-17(9-7-16)20-23-12-19(13-24-20)22-11-18-10-21-18/h2-5,16-20H,6-13H2,1H3. The summed E-state index contributed by atoms with van der Waals surface area (Å²) >= 11 is 0. The summed E-state index contributed by atoms with van der Waals surface area (Å²) in [6, 6.07) is 9.03. The summed E-state index contributed by atoms with van der Waals surface area (Å²) in [5, 5.41) is 0. The quantitative estimate of drug-likeness (QED) is 0.775. The zero-order valence-corrected chi connectivity index (χ0v) is 14.5. The van der Waals surface area contributed by atoms with Gasteiger partial charge in [0.25, 0.3) is 0 Å². The van der Waals surface area contributed by atoms with Crippen LogP contribution in [0.2, 0.25) is 0 Å². The van der Waals surface area contributed by atoms with E-state index in [0.717, 1.165) is 6.61 Å². The lowest BCUT2D eigenvalue weighted by atomic mass is 9.78. The van der Waals surface area contributed by atoms with Crippen LogP contribution in [0, 0.1) is 12.8 Å². The molecule has 4 nitrogen and oxygen atoms in total. The average Bonchev–Trinajstić information content (AvgIpc) is 3.46. The minimum atomic E-state index is -0.0407. The van der Waals surface area contributed by atoms with Crippen LogP contribution in [0.25, 0.3) is 0 Å². The van der Waals surface area contributed by atoms with Crippen LogP contribution in [0.3, 0.4) is 0 Å². The normalized spacial score (nSPS) is 36.5. The first-order chi connectivity index (χ1) is 11.8. The van der Waals surface area contributed by atoms with Gasteiger partial charge in [0, 0.05) is 5.92 Å². The zero-order valence-electron chi connectivity index (χ0n) is 14.5. The Hall–Kier alpha value is -0.940. The summed E-state index contributed by atoms with van der Waals surface area (Å²) in [6.45, 7) is 4.95. The van der Waals surface area contributed by atoms with E-state index in [9.17, 15) is 0 Å². The van der Waals surface area contributed by atoms with Crippen LogP contribution in [0.5, 0.6) is 0 Å². The number of rotatable bonds is 5. The molecule has 3 fully saturated rings. The second-order valence-corrected chi connectivity index (χ2v) is 7.47. The van der Waals surface area contributed by atoms with E-state index in [1.807, 2.05) is 0 Å². The number of hydrogen-bond donors (Lipinski definition) is 0. The molecule has 4 heteroatoms. The van der Waals surface area contributed by atoms with E-state index < -0.39 is 0 Å². The summed E-state index contributed by atoms with van der Waals surface area (Å²) in [6.07, 6.45) is 5.16. The van der Waals surface area contributed by atoms with Gasteiger partial charge in [0.2, 0.25) is 0 Å². The van der Waals surface area contributed by atoms with Crippen LogP contribution in [0.4, 0.5) is 0 Å². The van der Waals surface area contributed by atoms with Crippen LogP contribution in [0.15, 0.2) is 24.3 Å². The van der Waals surface area contributed by atoms with Gasteiger partial charge in [-0.25, -0.2) is 0 Å². The molecule has 3 aliphatic rings. The maximum absolute atomic E-state index is 5.95. The Balaban J connectivity index is 1.21. The fourth-order valence-corrected chi connectivity index (χ4v) is 3.84. The van der Waals surface area contributed by atoms with Gasteiger partial charge in [-0.3, -0.25) is 0 Å². The van der Waals surface area contributed by atoms with E-state index in [2.05, 4.69) is 31.2 Å². The van der Waals surface area contributed by atoms with Crippen molar-refractivity contribution in [1.82, 2.24) is 0 Å². The van der Waals surface area contributed by atoms with Crippen LogP contribution in [0.1, 0.15) is 42.7 Å². The van der Waals surface area contributed by atoms with Crippen LogP contribution < -0.4 is 0 Å². The Morgan fingerprint density at radius 1 is 0.917 bits per heavy atom. The minimum Gasteiger partial charge on any atom is -0.371 e. The van der Waals surface area contributed by atoms with E-state index in [-0.39, 0.29) is 12.4 Å². The lowest BCUT2D eigenvalue weighted by Crippen LogP contribution is -2.42. The van der Waals surface area contributed by atoms with Crippen LogP contribution >= 0.6 is 0 Å². The molecule has 1 aliphatic carbocycles. The van der Waals surface area contributed by atoms with Gasteiger partial charge >= 0.3 is 0 Å². The van der Waals surface area contributed by atoms with Gasteiger partial charge in [0.15, 0.2) is 6.29 Å². The highest BCUT2D eigenvalue weighted by Crippen LogP contribution is 2.38. The number of hydrogen-bond acceptors (Lipinski definition) is 4. The third-order valence-electron chi connectivity index (χ3n) is 5.52. The van der Waals surface area contributed by atoms with Crippen molar-refractivity contribution in [3.63, 3.8) is 0 Å². The van der Waals surface area contributed by atoms with Crippen molar-refractivity contribution in [3.8, 4) is 0 Å². The molecule has 2 heterocycles. The van der Waals surface area contributed by atoms with Gasteiger partial charge in [-0.2, -0.15) is 0 Å². The first-order valence-corrected chi connectivity index (χ1v) is 9.31. The molecular weight excluding hydrogens is 304 g/mol. The summed E-state index contributed by atoms with van der Waals surface area (Å²) in [7, 11) is 0. The van der Waals surface area contributed by atoms with E-state index in [0.29, 0.717) is 37.8 Å². The van der Waals surface area contributed by atoms with Crippen LogP contribution in [-0.4, -0.2) is 44.9 Å².